The third kappa shape index (κ3) is 1.35. The summed E-state index contributed by atoms with van der Waals surface area (Å²) in [6, 6.07) is 8.63. The van der Waals surface area contributed by atoms with Gasteiger partial charge in [0, 0.05) is 24.4 Å². The molecule has 2 rings (SSSR count). The first-order chi connectivity index (χ1) is 6.33. The van der Waals surface area contributed by atoms with Crippen molar-refractivity contribution < 1.29 is 0 Å². The number of rotatable bonds is 1. The zero-order valence-electron chi connectivity index (χ0n) is 8.20. The molecule has 0 fully saturated rings. The fourth-order valence-corrected chi connectivity index (χ4v) is 1.83. The smallest absolute Gasteiger partial charge is 0.0444 e. The van der Waals surface area contributed by atoms with Gasteiger partial charge in [0.05, 0.1) is 0 Å². The van der Waals surface area contributed by atoms with E-state index in [0.29, 0.717) is 5.92 Å². The van der Waals surface area contributed by atoms with E-state index in [-0.39, 0.29) is 0 Å². The Labute approximate surface area is 79.7 Å². The van der Waals surface area contributed by atoms with Gasteiger partial charge in [0.1, 0.15) is 0 Å². The number of fused-ring (bicyclic) bond motifs is 1. The maximum atomic E-state index is 2.29. The molecule has 1 aliphatic rings. The first kappa shape index (κ1) is 8.36. The van der Waals surface area contributed by atoms with E-state index < -0.39 is 0 Å². The van der Waals surface area contributed by atoms with Gasteiger partial charge in [0.15, 0.2) is 0 Å². The summed E-state index contributed by atoms with van der Waals surface area (Å²) in [6.45, 7) is 5.46. The van der Waals surface area contributed by atoms with Crippen LogP contribution in [-0.4, -0.2) is 6.54 Å². The van der Waals surface area contributed by atoms with Crippen LogP contribution in [0.3, 0.4) is 0 Å². The molecule has 0 N–H and O–H groups in total. The van der Waals surface area contributed by atoms with Crippen molar-refractivity contribution in [1.82, 2.24) is 0 Å². The summed E-state index contributed by atoms with van der Waals surface area (Å²) in [4.78, 5) is 2.29. The molecule has 1 aromatic carbocycles. The van der Waals surface area contributed by atoms with Crippen LogP contribution < -0.4 is 4.90 Å². The second kappa shape index (κ2) is 3.25. The molecule has 0 radical (unpaired) electrons. The van der Waals surface area contributed by atoms with E-state index in [1.807, 2.05) is 0 Å². The Kier molecular flexibility index (Phi) is 2.09. The Morgan fingerprint density at radius 2 is 2.08 bits per heavy atom. The molecular weight excluding hydrogens is 158 g/mol. The van der Waals surface area contributed by atoms with Gasteiger partial charge >= 0.3 is 0 Å². The second-order valence-corrected chi connectivity index (χ2v) is 3.48. The van der Waals surface area contributed by atoms with Crippen molar-refractivity contribution in [3.05, 3.63) is 42.1 Å². The van der Waals surface area contributed by atoms with Gasteiger partial charge in [-0.1, -0.05) is 31.2 Å². The predicted octanol–water partition coefficient (Wildman–Crippen LogP) is 3.14. The van der Waals surface area contributed by atoms with Crippen molar-refractivity contribution in [2.75, 3.05) is 11.4 Å². The lowest BCUT2D eigenvalue weighted by Gasteiger charge is -2.28. The maximum Gasteiger partial charge on any atom is 0.0444 e. The van der Waals surface area contributed by atoms with Crippen LogP contribution in [0.5, 0.6) is 0 Å². The highest BCUT2D eigenvalue weighted by atomic mass is 15.1. The molecule has 1 aliphatic heterocycles. The lowest BCUT2D eigenvalue weighted by molar-refractivity contribution is 0.886. The molecule has 68 valence electrons. The van der Waals surface area contributed by atoms with Gasteiger partial charge in [-0.05, 0) is 18.6 Å². The zero-order chi connectivity index (χ0) is 9.26. The van der Waals surface area contributed by atoms with E-state index in [1.54, 1.807) is 0 Å². The fraction of sp³-hybridized carbons (Fsp3) is 0.333. The van der Waals surface area contributed by atoms with Crippen LogP contribution in [0.25, 0.3) is 0 Å². The lowest BCUT2D eigenvalue weighted by Crippen LogP contribution is -2.20. The molecule has 1 nitrogen and oxygen atoms in total. The van der Waals surface area contributed by atoms with Gasteiger partial charge in [-0.2, -0.15) is 0 Å². The fourth-order valence-electron chi connectivity index (χ4n) is 1.83. The summed E-state index contributed by atoms with van der Waals surface area (Å²) in [7, 11) is 0. The molecule has 0 amide bonds. The van der Waals surface area contributed by atoms with Crippen LogP contribution in [0.1, 0.15) is 25.3 Å². The van der Waals surface area contributed by atoms with Gasteiger partial charge in [-0.3, -0.25) is 0 Å². The average Bonchev–Trinajstić information content (AvgIpc) is 2.19. The number of allylic oxidation sites excluding steroid dienone is 1. The summed E-state index contributed by atoms with van der Waals surface area (Å²) >= 11 is 0. The molecule has 0 bridgehead atoms. The quantitative estimate of drug-likeness (QED) is 0.630. The molecule has 1 heterocycles. The van der Waals surface area contributed by atoms with Crippen LogP contribution in [0.4, 0.5) is 5.69 Å². The Morgan fingerprint density at radius 3 is 2.85 bits per heavy atom. The van der Waals surface area contributed by atoms with Crippen molar-refractivity contribution in [3.63, 3.8) is 0 Å². The van der Waals surface area contributed by atoms with Crippen LogP contribution in [0, 0.1) is 0 Å². The third-order valence-electron chi connectivity index (χ3n) is 2.63. The predicted molar refractivity (Wildman–Crippen MR) is 57.0 cm³/mol. The number of hydrogen-bond acceptors (Lipinski definition) is 1. The summed E-state index contributed by atoms with van der Waals surface area (Å²) in [5.74, 6) is 0.555. The number of nitrogens with zero attached hydrogens (tertiary/aromatic N) is 1. The standard InChI is InChI=1S/C12H15N/c1-3-13-9-8-10(2)11-6-4-5-7-12(11)13/h4-10H,3H2,1-2H3. The Hall–Kier alpha value is -1.24. The summed E-state index contributed by atoms with van der Waals surface area (Å²) in [5.41, 5.74) is 2.80. The minimum atomic E-state index is 0.555. The molecule has 1 atom stereocenters. The number of hydrogen-bond donors (Lipinski definition) is 0. The highest BCUT2D eigenvalue weighted by molar-refractivity contribution is 5.60. The van der Waals surface area contributed by atoms with Crippen molar-refractivity contribution in [1.29, 1.82) is 0 Å². The largest absolute Gasteiger partial charge is 0.348 e. The van der Waals surface area contributed by atoms with Crippen molar-refractivity contribution in [2.24, 2.45) is 0 Å². The minimum absolute atomic E-state index is 0.555. The number of anilines is 1. The van der Waals surface area contributed by atoms with Crippen LogP contribution >= 0.6 is 0 Å². The monoisotopic (exact) mass is 173 g/mol. The van der Waals surface area contributed by atoms with Gasteiger partial charge < -0.3 is 4.90 Å². The molecule has 0 saturated heterocycles. The molecular formula is C12H15N. The average molecular weight is 173 g/mol. The molecule has 1 heteroatoms. The minimum Gasteiger partial charge on any atom is -0.348 e. The van der Waals surface area contributed by atoms with E-state index in [4.69, 9.17) is 0 Å². The Balaban J connectivity index is 2.48. The summed E-state index contributed by atoms with van der Waals surface area (Å²) in [5, 5.41) is 0. The first-order valence-electron chi connectivity index (χ1n) is 4.87. The normalized spacial score (nSPS) is 20.2. The number of benzene rings is 1. The topological polar surface area (TPSA) is 3.24 Å². The van der Waals surface area contributed by atoms with Gasteiger partial charge in [-0.25, -0.2) is 0 Å². The van der Waals surface area contributed by atoms with E-state index in [9.17, 15) is 0 Å². The van der Waals surface area contributed by atoms with Crippen LogP contribution in [-0.2, 0) is 0 Å². The maximum absolute atomic E-state index is 2.29. The number of para-hydroxylation sites is 1. The van der Waals surface area contributed by atoms with Crippen molar-refractivity contribution >= 4 is 5.69 Å². The van der Waals surface area contributed by atoms with Gasteiger partial charge in [0.2, 0.25) is 0 Å². The molecule has 0 aliphatic carbocycles. The van der Waals surface area contributed by atoms with Crippen LogP contribution in [0.2, 0.25) is 0 Å². The second-order valence-electron chi connectivity index (χ2n) is 3.48. The molecule has 0 spiro atoms. The highest BCUT2D eigenvalue weighted by Gasteiger charge is 2.15. The molecule has 0 aromatic heterocycles. The Bertz CT molecular complexity index is 328. The summed E-state index contributed by atoms with van der Waals surface area (Å²) < 4.78 is 0. The Morgan fingerprint density at radius 1 is 1.31 bits per heavy atom. The van der Waals surface area contributed by atoms with Crippen molar-refractivity contribution in [2.45, 2.75) is 19.8 Å². The van der Waals surface area contributed by atoms with Crippen LogP contribution in [0.15, 0.2) is 36.5 Å². The van der Waals surface area contributed by atoms with Gasteiger partial charge in [-0.15, -0.1) is 0 Å². The highest BCUT2D eigenvalue weighted by Crippen LogP contribution is 2.32. The van der Waals surface area contributed by atoms with Gasteiger partial charge in [0.25, 0.3) is 0 Å². The zero-order valence-corrected chi connectivity index (χ0v) is 8.20. The molecule has 13 heavy (non-hydrogen) atoms. The third-order valence-corrected chi connectivity index (χ3v) is 2.63. The lowest BCUT2D eigenvalue weighted by atomic mass is 9.96. The van der Waals surface area contributed by atoms with E-state index in [1.165, 1.54) is 11.3 Å². The summed E-state index contributed by atoms with van der Waals surface area (Å²) in [6.07, 6.45) is 4.44. The van der Waals surface area contributed by atoms with E-state index in [2.05, 4.69) is 55.3 Å². The van der Waals surface area contributed by atoms with Crippen molar-refractivity contribution in [3.8, 4) is 0 Å². The van der Waals surface area contributed by atoms with E-state index >= 15 is 0 Å². The SMILES string of the molecule is CCN1C=CC(C)c2ccccc21. The first-order valence-corrected chi connectivity index (χ1v) is 4.87. The molecule has 0 saturated carbocycles. The molecule has 1 aromatic rings. The van der Waals surface area contributed by atoms with E-state index in [0.717, 1.165) is 6.54 Å². The molecule has 1 unspecified atom stereocenters.